The lowest BCUT2D eigenvalue weighted by atomic mass is 10.2. The van der Waals surface area contributed by atoms with E-state index in [1.165, 1.54) is 10.8 Å². The predicted octanol–water partition coefficient (Wildman–Crippen LogP) is -0.0735. The third-order valence-electron chi connectivity index (χ3n) is 3.70. The molecular formula is C11H15N4O14P3. The molecule has 1 fully saturated rings. The van der Waals surface area contributed by atoms with Gasteiger partial charge in [-0.05, 0) is 0 Å². The smallest absolute Gasteiger partial charge is 0.478 e. The van der Waals surface area contributed by atoms with E-state index in [1.807, 2.05) is 0 Å². The number of nitrogens with zero attached hydrogens (tertiary/aromatic N) is 3. The minimum Gasteiger partial charge on any atom is -0.478 e. The monoisotopic (exact) mass is 520 g/mol. The molecule has 178 valence electrons. The van der Waals surface area contributed by atoms with Gasteiger partial charge in [0.05, 0.1) is 17.6 Å². The van der Waals surface area contributed by atoms with E-state index >= 15 is 0 Å². The average Bonchev–Trinajstić information content (AvgIpc) is 3.22. The number of aromatic nitrogens is 3. The summed E-state index contributed by atoms with van der Waals surface area (Å²) in [4.78, 5) is 54.7. The number of aromatic carboxylic acids is 1. The number of carboxylic acid groups (broad SMARTS) is 1. The zero-order chi connectivity index (χ0) is 23.9. The van der Waals surface area contributed by atoms with E-state index in [1.54, 1.807) is 0 Å². The minimum absolute atomic E-state index is 0.0558. The lowest BCUT2D eigenvalue weighted by molar-refractivity contribution is -0.0960. The SMILES string of the molecule is Nc1ncnc2c1c(C(=O)O)cn2[C@H]1CO[C@@H](COP(=O)(O)OP(=O)(O)OP(=O)(O)O)O1. The second kappa shape index (κ2) is 8.87. The molecule has 0 saturated carbocycles. The zero-order valence-corrected chi connectivity index (χ0v) is 18.1. The molecule has 32 heavy (non-hydrogen) atoms. The molecule has 0 radical (unpaired) electrons. The molecule has 0 aliphatic carbocycles. The second-order valence-electron chi connectivity index (χ2n) is 5.95. The molecule has 18 nitrogen and oxygen atoms in total. The van der Waals surface area contributed by atoms with Crippen LogP contribution in [-0.4, -0.2) is 64.7 Å². The number of rotatable bonds is 9. The van der Waals surface area contributed by atoms with Gasteiger partial charge in [0, 0.05) is 6.20 Å². The van der Waals surface area contributed by atoms with Gasteiger partial charge in [0.2, 0.25) is 0 Å². The van der Waals surface area contributed by atoms with Crippen LogP contribution in [0.4, 0.5) is 5.82 Å². The van der Waals surface area contributed by atoms with Gasteiger partial charge in [0.25, 0.3) is 0 Å². The first-order valence-electron chi connectivity index (χ1n) is 8.07. The number of nitrogen functional groups attached to an aromatic ring is 1. The van der Waals surface area contributed by atoms with Crippen LogP contribution in [-0.2, 0) is 36.3 Å². The molecule has 7 N–H and O–H groups in total. The van der Waals surface area contributed by atoms with Crippen molar-refractivity contribution in [3.8, 4) is 0 Å². The zero-order valence-electron chi connectivity index (χ0n) is 15.4. The van der Waals surface area contributed by atoms with Crippen molar-refractivity contribution in [2.75, 3.05) is 18.9 Å². The first-order valence-corrected chi connectivity index (χ1v) is 12.6. The van der Waals surface area contributed by atoms with Crippen LogP contribution in [0.3, 0.4) is 0 Å². The highest BCUT2D eigenvalue weighted by molar-refractivity contribution is 7.66. The van der Waals surface area contributed by atoms with Crippen LogP contribution >= 0.6 is 23.5 Å². The molecule has 2 unspecified atom stereocenters. The summed E-state index contributed by atoms with van der Waals surface area (Å²) in [6.45, 7) is -1.04. The van der Waals surface area contributed by atoms with Gasteiger partial charge in [-0.15, -0.1) is 0 Å². The Balaban J connectivity index is 1.67. The summed E-state index contributed by atoms with van der Waals surface area (Å²) < 4.78 is 57.2. The molecular weight excluding hydrogens is 505 g/mol. The number of hydrogen-bond donors (Lipinski definition) is 6. The highest BCUT2D eigenvalue weighted by Gasteiger charge is 2.41. The number of carboxylic acids is 1. The first-order chi connectivity index (χ1) is 14.7. The fraction of sp³-hybridized carbons (Fsp3) is 0.364. The van der Waals surface area contributed by atoms with E-state index < -0.39 is 48.6 Å². The number of phosphoric acid groups is 3. The van der Waals surface area contributed by atoms with Gasteiger partial charge in [0.15, 0.2) is 12.5 Å². The van der Waals surface area contributed by atoms with Gasteiger partial charge < -0.3 is 44.5 Å². The summed E-state index contributed by atoms with van der Waals surface area (Å²) in [6.07, 6.45) is -0.0385. The van der Waals surface area contributed by atoms with Crippen LogP contribution in [0.2, 0.25) is 0 Å². The number of anilines is 1. The van der Waals surface area contributed by atoms with Gasteiger partial charge in [-0.2, -0.15) is 8.62 Å². The van der Waals surface area contributed by atoms with E-state index in [2.05, 4.69) is 23.1 Å². The lowest BCUT2D eigenvalue weighted by Crippen LogP contribution is -2.17. The van der Waals surface area contributed by atoms with Crippen molar-refractivity contribution in [1.82, 2.24) is 14.5 Å². The molecule has 1 saturated heterocycles. The molecule has 0 amide bonds. The standard InChI is InChI=1S/C11H15N4O14P3/c12-9-8-5(11(16)17)1-15(10(8)14-4-13-9)6-2-25-7(27-6)3-26-31(21,22)29-32(23,24)28-30(18,19)20/h1,4,6-7H,2-3H2,(H,16,17)(H,21,22)(H,23,24)(H2,12,13,14)(H2,18,19,20)/t6-,7-/m1/s1. The Morgan fingerprint density at radius 1 is 1.19 bits per heavy atom. The van der Waals surface area contributed by atoms with Crippen molar-refractivity contribution in [2.24, 2.45) is 0 Å². The number of ether oxygens (including phenoxy) is 2. The molecule has 3 heterocycles. The predicted molar refractivity (Wildman–Crippen MR) is 98.6 cm³/mol. The topological polar surface area (TPSA) is 272 Å². The fourth-order valence-electron chi connectivity index (χ4n) is 2.63. The van der Waals surface area contributed by atoms with E-state index in [4.69, 9.17) is 29.9 Å². The Morgan fingerprint density at radius 2 is 1.88 bits per heavy atom. The third kappa shape index (κ3) is 5.96. The Bertz CT molecular complexity index is 1180. The normalized spacial score (nSPS) is 23.1. The average molecular weight is 520 g/mol. The van der Waals surface area contributed by atoms with Crippen LogP contribution in [0.5, 0.6) is 0 Å². The maximum Gasteiger partial charge on any atom is 0.490 e. The van der Waals surface area contributed by atoms with Crippen LogP contribution in [0.1, 0.15) is 16.6 Å². The number of carbonyl (C=O) groups is 1. The van der Waals surface area contributed by atoms with Gasteiger partial charge in [-0.1, -0.05) is 0 Å². The summed E-state index contributed by atoms with van der Waals surface area (Å²) in [5, 5.41) is 9.42. The van der Waals surface area contributed by atoms with E-state index in [0.29, 0.717) is 0 Å². The molecule has 0 aromatic carbocycles. The Morgan fingerprint density at radius 3 is 2.50 bits per heavy atom. The molecule has 4 atom stereocenters. The van der Waals surface area contributed by atoms with E-state index in [-0.39, 0.29) is 29.0 Å². The summed E-state index contributed by atoms with van der Waals surface area (Å²) in [5.41, 5.74) is 5.62. The number of nitrogens with two attached hydrogens (primary N) is 1. The Hall–Kier alpha value is -1.78. The first kappa shape index (κ1) is 24.9. The molecule has 0 spiro atoms. The largest absolute Gasteiger partial charge is 0.490 e. The summed E-state index contributed by atoms with van der Waals surface area (Å²) in [7, 11) is -16.5. The van der Waals surface area contributed by atoms with Crippen LogP contribution in [0.25, 0.3) is 11.0 Å². The Labute approximate surface area is 176 Å². The summed E-state index contributed by atoms with van der Waals surface area (Å²) in [6, 6.07) is 0. The van der Waals surface area contributed by atoms with Crippen molar-refractivity contribution in [3.05, 3.63) is 18.1 Å². The highest BCUT2D eigenvalue weighted by Crippen LogP contribution is 2.66. The molecule has 2 aromatic rings. The third-order valence-corrected chi connectivity index (χ3v) is 7.51. The fourth-order valence-corrected chi connectivity index (χ4v) is 5.63. The van der Waals surface area contributed by atoms with Crippen molar-refractivity contribution < 1.29 is 65.8 Å². The molecule has 2 aromatic heterocycles. The Kier molecular flexibility index (Phi) is 6.89. The second-order valence-corrected chi connectivity index (χ2v) is 10.4. The maximum absolute atomic E-state index is 11.7. The van der Waals surface area contributed by atoms with Crippen LogP contribution < -0.4 is 5.73 Å². The molecule has 1 aliphatic heterocycles. The number of fused-ring (bicyclic) bond motifs is 1. The molecule has 21 heteroatoms. The van der Waals surface area contributed by atoms with E-state index in [9.17, 15) is 28.5 Å². The molecule has 3 rings (SSSR count). The van der Waals surface area contributed by atoms with E-state index in [0.717, 1.165) is 6.33 Å². The highest BCUT2D eigenvalue weighted by atomic mass is 31.3. The van der Waals surface area contributed by atoms with Crippen molar-refractivity contribution in [3.63, 3.8) is 0 Å². The van der Waals surface area contributed by atoms with Gasteiger partial charge in [-0.25, -0.2) is 28.5 Å². The van der Waals surface area contributed by atoms with Crippen LogP contribution in [0, 0.1) is 0 Å². The maximum atomic E-state index is 11.7. The van der Waals surface area contributed by atoms with Gasteiger partial charge in [-0.3, -0.25) is 4.52 Å². The van der Waals surface area contributed by atoms with Crippen LogP contribution in [0.15, 0.2) is 12.5 Å². The number of phosphoric ester groups is 1. The lowest BCUT2D eigenvalue weighted by Gasteiger charge is -2.18. The summed E-state index contributed by atoms with van der Waals surface area (Å²) in [5.74, 6) is -1.40. The molecule has 1 aliphatic rings. The minimum atomic E-state index is -5.66. The van der Waals surface area contributed by atoms with Crippen molar-refractivity contribution in [1.29, 1.82) is 0 Å². The van der Waals surface area contributed by atoms with Crippen molar-refractivity contribution >= 4 is 46.3 Å². The van der Waals surface area contributed by atoms with Crippen molar-refractivity contribution in [2.45, 2.75) is 12.5 Å². The molecule has 0 bridgehead atoms. The van der Waals surface area contributed by atoms with Gasteiger partial charge in [0.1, 0.15) is 24.4 Å². The number of hydrogen-bond acceptors (Lipinski definition) is 12. The summed E-state index contributed by atoms with van der Waals surface area (Å²) >= 11 is 0. The van der Waals surface area contributed by atoms with Gasteiger partial charge >= 0.3 is 29.4 Å². The quantitative estimate of drug-likeness (QED) is 0.236.